The fourth-order valence-electron chi connectivity index (χ4n) is 7.27. The van der Waals surface area contributed by atoms with Crippen LogP contribution in [0.5, 0.6) is 23.0 Å². The zero-order chi connectivity index (χ0) is 41.7. The van der Waals surface area contributed by atoms with E-state index >= 15 is 0 Å². The molecule has 300 valence electrons. The second-order valence-electron chi connectivity index (χ2n) is 19.5. The average Bonchev–Trinajstić information content (AvgIpc) is 3.04. The van der Waals surface area contributed by atoms with E-state index in [2.05, 4.69) is 107 Å². The summed E-state index contributed by atoms with van der Waals surface area (Å²) in [5, 5.41) is 23.3. The summed E-state index contributed by atoms with van der Waals surface area (Å²) in [6.07, 6.45) is 1.18. The molecule has 0 saturated heterocycles. The number of benzene rings is 4. The number of fused-ring (bicyclic) bond motifs is 8. The van der Waals surface area contributed by atoms with Gasteiger partial charge in [-0.1, -0.05) is 132 Å². The fourth-order valence-corrected chi connectivity index (χ4v) is 7.38. The summed E-state index contributed by atoms with van der Waals surface area (Å²) in [5.41, 5.74) is 9.05. The maximum atomic E-state index is 12.3. The smallest absolute Gasteiger partial charge is 0.259 e. The summed E-state index contributed by atoms with van der Waals surface area (Å²) in [6.45, 7) is 25.0. The number of halogens is 2. The van der Waals surface area contributed by atoms with Crippen molar-refractivity contribution >= 4 is 33.7 Å². The van der Waals surface area contributed by atoms with Crippen molar-refractivity contribution in [2.75, 3.05) is 13.2 Å². The van der Waals surface area contributed by atoms with Crippen LogP contribution in [0.2, 0.25) is 0 Å². The largest absolute Gasteiger partial charge is 0.507 e. The zero-order valence-corrected chi connectivity index (χ0v) is 36.7. The highest BCUT2D eigenvalue weighted by Crippen LogP contribution is 2.43. The first-order chi connectivity index (χ1) is 25.7. The Labute approximate surface area is 343 Å². The van der Waals surface area contributed by atoms with Crippen molar-refractivity contribution < 1.29 is 29.3 Å². The minimum absolute atomic E-state index is 0.145. The second kappa shape index (κ2) is 15.7. The third kappa shape index (κ3) is 9.92. The van der Waals surface area contributed by atoms with E-state index in [1.54, 1.807) is 0 Å². The lowest BCUT2D eigenvalue weighted by Crippen LogP contribution is -2.17. The van der Waals surface area contributed by atoms with Gasteiger partial charge in [0.1, 0.15) is 23.0 Å². The topological polar surface area (TPSA) is 93.1 Å². The Morgan fingerprint density at radius 3 is 0.821 bits per heavy atom. The quantitative estimate of drug-likeness (QED) is 0.166. The van der Waals surface area contributed by atoms with Crippen molar-refractivity contribution in [3.63, 3.8) is 0 Å². The third-order valence-electron chi connectivity index (χ3n) is 10.7. The molecule has 8 bridgehead atoms. The lowest BCUT2D eigenvalue weighted by Gasteiger charge is -2.28. The molecule has 8 heteroatoms. The molecule has 0 fully saturated rings. The van der Waals surface area contributed by atoms with Gasteiger partial charge in [-0.25, -0.2) is 0 Å². The van der Waals surface area contributed by atoms with Gasteiger partial charge in [-0.3, -0.25) is 9.59 Å². The van der Waals surface area contributed by atoms with Gasteiger partial charge in [0.05, 0.1) is 0 Å². The highest BCUT2D eigenvalue weighted by molar-refractivity contribution is 6.64. The standard InChI is InChI=1S/C48H58Cl2O6/c1-45(2,3)35-17-27-13-31-21-37(47(7,8)9)23-33(43(31)55-25-39(49)51)15-29-19-36(46(4,5)6)20-30(42(29)54)16-34-24-38(48(10,11)12)22-32(14-28(18-35)41(27)53)44(34)56-26-40(50)52/h17-24,53-54H,13-16,25-26H2,1-12H3. The van der Waals surface area contributed by atoms with Crippen molar-refractivity contribution in [2.45, 2.75) is 130 Å². The molecule has 4 aromatic carbocycles. The summed E-state index contributed by atoms with van der Waals surface area (Å²) in [6, 6.07) is 16.6. The SMILES string of the molecule is CC(C)(C)c1cc2c(O)c(c1)Cc1cc(C(C)(C)C)cc(c1OCC(=O)Cl)Cc1cc(C(C)(C)C)cc(c1O)Cc1cc(C(C)(C)C)cc(c1OCC(=O)Cl)C2. The van der Waals surface area contributed by atoms with Gasteiger partial charge in [0.2, 0.25) is 0 Å². The molecule has 0 aliphatic heterocycles. The first kappa shape index (κ1) is 43.1. The van der Waals surface area contributed by atoms with Crippen LogP contribution >= 0.6 is 23.2 Å². The molecule has 1 aliphatic rings. The number of carbonyl (C=O) groups excluding carboxylic acids is 2. The van der Waals surface area contributed by atoms with Crippen LogP contribution < -0.4 is 9.47 Å². The Kier molecular flexibility index (Phi) is 12.1. The maximum absolute atomic E-state index is 12.3. The lowest BCUT2D eigenvalue weighted by atomic mass is 9.79. The number of ether oxygens (including phenoxy) is 2. The van der Waals surface area contributed by atoms with E-state index in [-0.39, 0.29) is 46.4 Å². The van der Waals surface area contributed by atoms with Crippen molar-refractivity contribution in [3.05, 3.63) is 115 Å². The van der Waals surface area contributed by atoms with E-state index < -0.39 is 10.5 Å². The first-order valence-electron chi connectivity index (χ1n) is 19.4. The van der Waals surface area contributed by atoms with Crippen LogP contribution in [-0.4, -0.2) is 33.9 Å². The van der Waals surface area contributed by atoms with Gasteiger partial charge < -0.3 is 19.7 Å². The van der Waals surface area contributed by atoms with E-state index in [9.17, 15) is 19.8 Å². The Morgan fingerprint density at radius 1 is 0.446 bits per heavy atom. The Morgan fingerprint density at radius 2 is 0.643 bits per heavy atom. The molecule has 4 aromatic rings. The number of hydrogen-bond donors (Lipinski definition) is 2. The van der Waals surface area contributed by atoms with Crippen molar-refractivity contribution in [3.8, 4) is 23.0 Å². The van der Waals surface area contributed by atoms with Gasteiger partial charge in [-0.15, -0.1) is 0 Å². The summed E-state index contributed by atoms with van der Waals surface area (Å²) in [5.74, 6) is 1.30. The molecule has 5 rings (SSSR count). The maximum Gasteiger partial charge on any atom is 0.259 e. The molecular formula is C48H58Cl2O6. The predicted molar refractivity (Wildman–Crippen MR) is 228 cm³/mol. The van der Waals surface area contributed by atoms with Crippen LogP contribution in [0.1, 0.15) is 150 Å². The summed E-state index contributed by atoms with van der Waals surface area (Å²) >= 11 is 11.8. The van der Waals surface area contributed by atoms with E-state index in [0.717, 1.165) is 44.5 Å². The monoisotopic (exact) mass is 800 g/mol. The number of phenolic OH excluding ortho intramolecular Hbond substituents is 2. The van der Waals surface area contributed by atoms with Gasteiger partial charge in [-0.2, -0.15) is 0 Å². The molecule has 0 radical (unpaired) electrons. The number of aromatic hydroxyl groups is 2. The first-order valence-corrected chi connectivity index (χ1v) is 20.1. The normalized spacial score (nSPS) is 13.7. The Balaban J connectivity index is 1.96. The lowest BCUT2D eigenvalue weighted by molar-refractivity contribution is -0.114. The van der Waals surface area contributed by atoms with Crippen molar-refractivity contribution in [2.24, 2.45) is 0 Å². The molecule has 0 amide bonds. The number of rotatable bonds is 6. The number of phenols is 2. The Hall–Kier alpha value is -4.00. The van der Waals surface area contributed by atoms with Crippen LogP contribution in [0.25, 0.3) is 0 Å². The predicted octanol–water partition coefficient (Wildman–Crippen LogP) is 11.3. The van der Waals surface area contributed by atoms with Gasteiger partial charge >= 0.3 is 0 Å². The van der Waals surface area contributed by atoms with Crippen molar-refractivity contribution in [1.29, 1.82) is 0 Å². The average molecular weight is 802 g/mol. The molecule has 0 aromatic heterocycles. The van der Waals surface area contributed by atoms with E-state index in [1.165, 1.54) is 0 Å². The van der Waals surface area contributed by atoms with E-state index in [0.29, 0.717) is 59.4 Å². The second-order valence-corrected chi connectivity index (χ2v) is 20.4. The molecule has 6 nitrogen and oxygen atoms in total. The molecule has 2 N–H and O–H groups in total. The molecule has 0 atom stereocenters. The number of hydrogen-bond acceptors (Lipinski definition) is 6. The van der Waals surface area contributed by atoms with Gasteiger partial charge in [-0.05, 0) is 112 Å². The molecule has 0 unspecified atom stereocenters. The molecular weight excluding hydrogens is 743 g/mol. The van der Waals surface area contributed by atoms with E-state index in [4.69, 9.17) is 32.7 Å². The zero-order valence-electron chi connectivity index (χ0n) is 35.1. The summed E-state index contributed by atoms with van der Waals surface area (Å²) in [7, 11) is 0. The molecule has 1 aliphatic carbocycles. The van der Waals surface area contributed by atoms with Gasteiger partial charge in [0.25, 0.3) is 10.5 Å². The van der Waals surface area contributed by atoms with Crippen LogP contribution in [0.15, 0.2) is 48.5 Å². The minimum Gasteiger partial charge on any atom is -0.507 e. The fraction of sp³-hybridized carbons (Fsp3) is 0.458. The van der Waals surface area contributed by atoms with Crippen LogP contribution in [0, 0.1) is 0 Å². The van der Waals surface area contributed by atoms with Crippen LogP contribution in [0.3, 0.4) is 0 Å². The molecule has 0 heterocycles. The molecule has 56 heavy (non-hydrogen) atoms. The summed E-state index contributed by atoms with van der Waals surface area (Å²) in [4.78, 5) is 24.4. The van der Waals surface area contributed by atoms with Gasteiger partial charge in [0.15, 0.2) is 13.2 Å². The highest BCUT2D eigenvalue weighted by atomic mass is 35.5. The van der Waals surface area contributed by atoms with E-state index in [1.807, 2.05) is 24.3 Å². The van der Waals surface area contributed by atoms with Crippen LogP contribution in [-0.2, 0) is 56.9 Å². The summed E-state index contributed by atoms with van der Waals surface area (Å²) < 4.78 is 12.6. The Bertz CT molecular complexity index is 1920. The minimum atomic E-state index is -0.631. The molecule has 0 saturated carbocycles. The number of carbonyl (C=O) groups is 2. The third-order valence-corrected chi connectivity index (χ3v) is 10.9. The van der Waals surface area contributed by atoms with Crippen molar-refractivity contribution in [1.82, 2.24) is 0 Å². The van der Waals surface area contributed by atoms with Gasteiger partial charge in [0, 0.05) is 25.7 Å². The molecule has 0 spiro atoms. The van der Waals surface area contributed by atoms with Crippen LogP contribution in [0.4, 0.5) is 0 Å². The highest BCUT2D eigenvalue weighted by Gasteiger charge is 2.28.